The van der Waals surface area contributed by atoms with Gasteiger partial charge < -0.3 is 0 Å². The van der Waals surface area contributed by atoms with Gasteiger partial charge in [0, 0.05) is 25.4 Å². The summed E-state index contributed by atoms with van der Waals surface area (Å²) in [6.45, 7) is 4.35. The molecule has 0 saturated heterocycles. The van der Waals surface area contributed by atoms with Gasteiger partial charge >= 0.3 is 0 Å². The van der Waals surface area contributed by atoms with E-state index in [1.165, 1.54) is 4.90 Å². The van der Waals surface area contributed by atoms with Crippen LogP contribution in [-0.2, 0) is 5.41 Å². The first kappa shape index (κ1) is 17.8. The molecule has 1 heterocycles. The van der Waals surface area contributed by atoms with Crippen LogP contribution in [0, 0.1) is 0 Å². The van der Waals surface area contributed by atoms with E-state index in [0.717, 1.165) is 19.0 Å². The predicted octanol–water partition coefficient (Wildman–Crippen LogP) is 5.55. The van der Waals surface area contributed by atoms with Gasteiger partial charge in [0.15, 0.2) is 0 Å². The zero-order chi connectivity index (χ0) is 17.6. The minimum Gasteiger partial charge on any atom is -0.273 e. The van der Waals surface area contributed by atoms with Crippen LogP contribution in [0.15, 0.2) is 49.8 Å². The Morgan fingerprint density at radius 1 is 0.917 bits per heavy atom. The summed E-state index contributed by atoms with van der Waals surface area (Å²) < 4.78 is 2.79. The maximum atomic E-state index is 12.6. The molecule has 1 aliphatic rings. The summed E-state index contributed by atoms with van der Waals surface area (Å²) in [5.41, 5.74) is 1.55. The zero-order valence-electron chi connectivity index (χ0n) is 13.1. The summed E-state index contributed by atoms with van der Waals surface area (Å²) in [6, 6.07) is 10.9. The van der Waals surface area contributed by atoms with Gasteiger partial charge in [-0.1, -0.05) is 73.8 Å². The van der Waals surface area contributed by atoms with Crippen LogP contribution in [0.2, 0.25) is 0 Å². The minimum atomic E-state index is -0.425. The molecule has 24 heavy (non-hydrogen) atoms. The Labute approximate surface area is 165 Å². The van der Waals surface area contributed by atoms with Crippen LogP contribution in [0.5, 0.6) is 0 Å². The number of hydrogen-bond donors (Lipinski definition) is 0. The molecule has 3 nitrogen and oxygen atoms in total. The second-order valence-corrected chi connectivity index (χ2v) is 8.99. The minimum absolute atomic E-state index is 0.229. The van der Waals surface area contributed by atoms with Crippen LogP contribution >= 0.6 is 47.8 Å². The van der Waals surface area contributed by atoms with Crippen LogP contribution in [0.25, 0.3) is 0 Å². The van der Waals surface area contributed by atoms with Gasteiger partial charge in [-0.25, -0.2) is 0 Å². The lowest BCUT2D eigenvalue weighted by Gasteiger charge is -2.31. The van der Waals surface area contributed by atoms with E-state index in [9.17, 15) is 9.59 Å². The van der Waals surface area contributed by atoms with Gasteiger partial charge in [-0.05, 0) is 29.8 Å². The smallest absolute Gasteiger partial charge is 0.261 e. The lowest BCUT2D eigenvalue weighted by molar-refractivity contribution is 0.0623. The van der Waals surface area contributed by atoms with Crippen molar-refractivity contribution < 1.29 is 9.59 Å². The summed E-state index contributed by atoms with van der Waals surface area (Å²) in [5, 5.41) is 0. The molecule has 3 rings (SSSR count). The highest BCUT2D eigenvalue weighted by atomic mass is 79.9. The summed E-state index contributed by atoms with van der Waals surface area (Å²) in [5.74, 6) is -0.457. The number of hydrogen-bond acceptors (Lipinski definition) is 2. The van der Waals surface area contributed by atoms with Gasteiger partial charge in [0.25, 0.3) is 11.8 Å². The van der Waals surface area contributed by atoms with Gasteiger partial charge in [-0.2, -0.15) is 0 Å². The summed E-state index contributed by atoms with van der Waals surface area (Å²) in [7, 11) is 0. The first-order valence-electron chi connectivity index (χ1n) is 7.32. The molecule has 0 N–H and O–H groups in total. The number of benzene rings is 2. The van der Waals surface area contributed by atoms with Crippen molar-refractivity contribution in [1.82, 2.24) is 4.90 Å². The Morgan fingerprint density at radius 3 is 1.83 bits per heavy atom. The normalized spacial score (nSPS) is 14.3. The molecule has 0 atom stereocenters. The van der Waals surface area contributed by atoms with Crippen molar-refractivity contribution in [1.29, 1.82) is 0 Å². The van der Waals surface area contributed by atoms with E-state index < -0.39 is 5.41 Å². The highest BCUT2D eigenvalue weighted by Crippen LogP contribution is 2.39. The van der Waals surface area contributed by atoms with Gasteiger partial charge in [-0.3, -0.25) is 14.5 Å². The van der Waals surface area contributed by atoms with E-state index in [1.807, 2.05) is 26.0 Å². The summed E-state index contributed by atoms with van der Waals surface area (Å²) >= 11 is 10.6. The van der Waals surface area contributed by atoms with E-state index in [2.05, 4.69) is 47.8 Å². The molecule has 0 saturated carbocycles. The molecule has 0 aromatic heterocycles. The molecular formula is C18H14Br3NO2. The second-order valence-electron chi connectivity index (χ2n) is 6.37. The van der Waals surface area contributed by atoms with Crippen molar-refractivity contribution in [3.05, 3.63) is 66.5 Å². The monoisotopic (exact) mass is 513 g/mol. The lowest BCUT2D eigenvalue weighted by Crippen LogP contribution is -2.40. The first-order valence-corrected chi connectivity index (χ1v) is 9.70. The molecule has 0 unspecified atom stereocenters. The van der Waals surface area contributed by atoms with E-state index >= 15 is 0 Å². The van der Waals surface area contributed by atoms with Crippen LogP contribution in [0.1, 0.15) is 40.1 Å². The van der Waals surface area contributed by atoms with Crippen LogP contribution in [0.3, 0.4) is 0 Å². The summed E-state index contributed by atoms with van der Waals surface area (Å²) in [4.78, 5) is 26.6. The Kier molecular flexibility index (Phi) is 4.75. The predicted molar refractivity (Wildman–Crippen MR) is 104 cm³/mol. The molecule has 2 aromatic rings. The van der Waals surface area contributed by atoms with Crippen molar-refractivity contribution in [3.8, 4) is 0 Å². The van der Waals surface area contributed by atoms with E-state index in [1.54, 1.807) is 24.3 Å². The molecule has 0 bridgehead atoms. The van der Waals surface area contributed by atoms with Crippen LogP contribution < -0.4 is 0 Å². The number of carbonyl (C=O) groups excluding carboxylic acids is 2. The number of fused-ring (bicyclic) bond motifs is 1. The average Bonchev–Trinajstić information content (AvgIpc) is 2.71. The van der Waals surface area contributed by atoms with Gasteiger partial charge in [0.2, 0.25) is 0 Å². The third-order valence-corrected chi connectivity index (χ3v) is 5.82. The van der Waals surface area contributed by atoms with E-state index in [4.69, 9.17) is 0 Å². The van der Waals surface area contributed by atoms with Crippen molar-refractivity contribution in [2.75, 3.05) is 6.54 Å². The maximum absolute atomic E-state index is 12.6. The lowest BCUT2D eigenvalue weighted by atomic mass is 9.84. The number of imide groups is 1. The van der Waals surface area contributed by atoms with Crippen LogP contribution in [-0.4, -0.2) is 23.3 Å². The average molecular weight is 516 g/mol. The quantitative estimate of drug-likeness (QED) is 0.503. The number of halogens is 3. The van der Waals surface area contributed by atoms with Gasteiger partial charge in [-0.15, -0.1) is 0 Å². The third kappa shape index (κ3) is 3.00. The first-order chi connectivity index (χ1) is 11.2. The van der Waals surface area contributed by atoms with Gasteiger partial charge in [0.05, 0.1) is 11.1 Å². The van der Waals surface area contributed by atoms with Crippen molar-refractivity contribution in [3.63, 3.8) is 0 Å². The highest BCUT2D eigenvalue weighted by Gasteiger charge is 2.39. The molecule has 0 radical (unpaired) electrons. The number of nitrogens with zero attached hydrogens (tertiary/aromatic N) is 1. The molecule has 124 valence electrons. The molecule has 2 aromatic carbocycles. The number of rotatable bonds is 3. The molecule has 0 fully saturated rings. The standard InChI is InChI=1S/C18H14Br3NO2/c1-18(2,15-13(20)7-10(19)8-14(15)21)9-22-16(23)11-5-3-4-6-12(11)17(22)24/h3-8H,9H2,1-2H3. The molecular weight excluding hydrogens is 502 g/mol. The molecule has 1 aliphatic heterocycles. The van der Waals surface area contributed by atoms with Crippen LogP contribution in [0.4, 0.5) is 0 Å². The van der Waals surface area contributed by atoms with E-state index in [0.29, 0.717) is 17.7 Å². The fourth-order valence-electron chi connectivity index (χ4n) is 3.05. The topological polar surface area (TPSA) is 37.4 Å². The Hall–Kier alpha value is -0.980. The van der Waals surface area contributed by atoms with Gasteiger partial charge in [0.1, 0.15) is 0 Å². The maximum Gasteiger partial charge on any atom is 0.261 e. The largest absolute Gasteiger partial charge is 0.273 e. The fraction of sp³-hybridized carbons (Fsp3) is 0.222. The van der Waals surface area contributed by atoms with Crippen molar-refractivity contribution in [2.24, 2.45) is 0 Å². The number of carbonyl (C=O) groups is 2. The second kappa shape index (κ2) is 6.39. The molecule has 6 heteroatoms. The molecule has 0 aliphatic carbocycles. The SMILES string of the molecule is CC(C)(CN1C(=O)c2ccccc2C1=O)c1c(Br)cc(Br)cc1Br. The highest BCUT2D eigenvalue weighted by molar-refractivity contribution is 9.11. The van der Waals surface area contributed by atoms with Crippen molar-refractivity contribution in [2.45, 2.75) is 19.3 Å². The number of amides is 2. The molecule has 2 amide bonds. The van der Waals surface area contributed by atoms with E-state index in [-0.39, 0.29) is 11.8 Å². The Balaban J connectivity index is 1.97. The fourth-order valence-corrected chi connectivity index (χ4v) is 6.38. The zero-order valence-corrected chi connectivity index (χ0v) is 17.8. The molecule has 0 spiro atoms. The Bertz CT molecular complexity index is 803. The van der Waals surface area contributed by atoms with Crippen molar-refractivity contribution >= 4 is 59.6 Å². The summed E-state index contributed by atoms with van der Waals surface area (Å²) in [6.07, 6.45) is 0. The Morgan fingerprint density at radius 2 is 1.38 bits per heavy atom. The third-order valence-electron chi connectivity index (χ3n) is 4.12.